The molecule has 1 aliphatic carbocycles. The highest BCUT2D eigenvalue weighted by Crippen LogP contribution is 2.37. The first-order valence-electron chi connectivity index (χ1n) is 13.1. The lowest BCUT2D eigenvalue weighted by Gasteiger charge is -2.34. The third-order valence-corrected chi connectivity index (χ3v) is 7.77. The van der Waals surface area contributed by atoms with Crippen LogP contribution in [0.4, 0.5) is 17.3 Å². The van der Waals surface area contributed by atoms with Gasteiger partial charge in [-0.15, -0.1) is 6.58 Å². The van der Waals surface area contributed by atoms with E-state index >= 15 is 0 Å². The molecular formula is C29H33N7O2. The van der Waals surface area contributed by atoms with Crippen LogP contribution in [0.15, 0.2) is 66.1 Å². The molecule has 0 radical (unpaired) electrons. The van der Waals surface area contributed by atoms with Crippen molar-refractivity contribution in [3.8, 4) is 5.69 Å². The van der Waals surface area contributed by atoms with E-state index in [9.17, 15) is 9.90 Å². The SMILES string of the molecule is C=CCn1c(=O)c2cnc(Nc3ccc(N4CCN(C)CC4)cc3)nc2n1-c1ccc2c(c1)[C@](C)(O)CC2. The lowest BCUT2D eigenvalue weighted by molar-refractivity contribution is 0.0594. The fourth-order valence-corrected chi connectivity index (χ4v) is 5.52. The van der Waals surface area contributed by atoms with Gasteiger partial charge in [-0.2, -0.15) is 4.98 Å². The first-order chi connectivity index (χ1) is 18.3. The van der Waals surface area contributed by atoms with Crippen LogP contribution in [0.2, 0.25) is 0 Å². The van der Waals surface area contributed by atoms with Gasteiger partial charge in [0.1, 0.15) is 5.39 Å². The fourth-order valence-electron chi connectivity index (χ4n) is 5.52. The molecule has 6 rings (SSSR count). The van der Waals surface area contributed by atoms with Gasteiger partial charge in [-0.25, -0.2) is 14.3 Å². The second-order valence-corrected chi connectivity index (χ2v) is 10.5. The highest BCUT2D eigenvalue weighted by molar-refractivity contribution is 5.77. The number of hydrogen-bond donors (Lipinski definition) is 2. The van der Waals surface area contributed by atoms with E-state index in [1.807, 2.05) is 37.3 Å². The van der Waals surface area contributed by atoms with Crippen LogP contribution in [0.5, 0.6) is 0 Å². The first-order valence-corrected chi connectivity index (χ1v) is 13.1. The van der Waals surface area contributed by atoms with Gasteiger partial charge in [0, 0.05) is 43.8 Å². The molecule has 3 heterocycles. The number of allylic oxidation sites excluding steroid dienone is 1. The molecule has 2 aliphatic rings. The first kappa shape index (κ1) is 24.4. The van der Waals surface area contributed by atoms with Crippen molar-refractivity contribution in [3.05, 3.63) is 82.8 Å². The molecule has 1 aliphatic heterocycles. The molecular weight excluding hydrogens is 478 g/mol. The molecule has 0 spiro atoms. The number of benzene rings is 2. The Labute approximate surface area is 221 Å². The Morgan fingerprint density at radius 3 is 2.58 bits per heavy atom. The number of likely N-dealkylation sites (N-methyl/N-ethyl adjacent to an activating group) is 1. The van der Waals surface area contributed by atoms with Crippen molar-refractivity contribution >= 4 is 28.4 Å². The van der Waals surface area contributed by atoms with E-state index in [0.717, 1.165) is 55.1 Å². The van der Waals surface area contributed by atoms with Crippen molar-refractivity contribution in [2.75, 3.05) is 43.4 Å². The highest BCUT2D eigenvalue weighted by atomic mass is 16.3. The minimum atomic E-state index is -0.893. The fraction of sp³-hybridized carbons (Fsp3) is 0.345. The number of aryl methyl sites for hydroxylation is 1. The summed E-state index contributed by atoms with van der Waals surface area (Å²) in [6, 6.07) is 14.2. The quantitative estimate of drug-likeness (QED) is 0.383. The summed E-state index contributed by atoms with van der Waals surface area (Å²) in [6.45, 7) is 10.1. The molecule has 0 saturated carbocycles. The zero-order valence-electron chi connectivity index (χ0n) is 21.9. The number of aliphatic hydroxyl groups is 1. The smallest absolute Gasteiger partial charge is 0.278 e. The zero-order chi connectivity index (χ0) is 26.4. The van der Waals surface area contributed by atoms with Gasteiger partial charge >= 0.3 is 0 Å². The van der Waals surface area contributed by atoms with Crippen LogP contribution < -0.4 is 15.8 Å². The average molecular weight is 512 g/mol. The summed E-state index contributed by atoms with van der Waals surface area (Å²) in [5.74, 6) is 0.405. The molecule has 2 N–H and O–H groups in total. The number of anilines is 3. The van der Waals surface area contributed by atoms with Gasteiger partial charge in [0.15, 0.2) is 5.65 Å². The number of nitrogens with zero attached hydrogens (tertiary/aromatic N) is 6. The van der Waals surface area contributed by atoms with Crippen LogP contribution in [0, 0.1) is 0 Å². The predicted octanol–water partition coefficient (Wildman–Crippen LogP) is 3.42. The molecule has 2 aromatic heterocycles. The Morgan fingerprint density at radius 1 is 1.11 bits per heavy atom. The number of fused-ring (bicyclic) bond motifs is 2. The van der Waals surface area contributed by atoms with Gasteiger partial charge in [0.2, 0.25) is 5.95 Å². The number of rotatable bonds is 6. The number of piperazine rings is 1. The largest absolute Gasteiger partial charge is 0.385 e. The number of aromatic nitrogens is 4. The highest BCUT2D eigenvalue weighted by Gasteiger charge is 2.32. The van der Waals surface area contributed by atoms with Gasteiger partial charge in [0.25, 0.3) is 5.56 Å². The molecule has 0 amide bonds. The van der Waals surface area contributed by atoms with E-state index in [-0.39, 0.29) is 5.56 Å². The van der Waals surface area contributed by atoms with Crippen LogP contribution in [-0.2, 0) is 18.6 Å². The molecule has 196 valence electrons. The Morgan fingerprint density at radius 2 is 1.84 bits per heavy atom. The molecule has 1 fully saturated rings. The lowest BCUT2D eigenvalue weighted by atomic mass is 9.98. The van der Waals surface area contributed by atoms with Crippen molar-refractivity contribution in [3.63, 3.8) is 0 Å². The summed E-state index contributed by atoms with van der Waals surface area (Å²) in [4.78, 5) is 27.2. The topological polar surface area (TPSA) is 91.5 Å². The van der Waals surface area contributed by atoms with E-state index in [1.165, 1.54) is 5.69 Å². The molecule has 1 atom stereocenters. The summed E-state index contributed by atoms with van der Waals surface area (Å²) < 4.78 is 3.41. The van der Waals surface area contributed by atoms with E-state index in [0.29, 0.717) is 29.9 Å². The maximum atomic E-state index is 13.3. The Kier molecular flexibility index (Phi) is 6.04. The normalized spacial score (nSPS) is 19.6. The summed E-state index contributed by atoms with van der Waals surface area (Å²) >= 11 is 0. The molecule has 38 heavy (non-hydrogen) atoms. The third kappa shape index (κ3) is 4.27. The second kappa shape index (κ2) is 9.41. The van der Waals surface area contributed by atoms with Crippen molar-refractivity contribution in [1.82, 2.24) is 24.2 Å². The zero-order valence-corrected chi connectivity index (χ0v) is 21.9. The van der Waals surface area contributed by atoms with Crippen LogP contribution in [-0.4, -0.2) is 62.6 Å². The van der Waals surface area contributed by atoms with E-state index in [2.05, 4.69) is 45.9 Å². The average Bonchev–Trinajstić information content (AvgIpc) is 3.37. The number of hydrogen-bond acceptors (Lipinski definition) is 7. The lowest BCUT2D eigenvalue weighted by Crippen LogP contribution is -2.44. The molecule has 9 nitrogen and oxygen atoms in total. The van der Waals surface area contributed by atoms with Crippen LogP contribution in [0.3, 0.4) is 0 Å². The molecule has 1 saturated heterocycles. The molecule has 0 unspecified atom stereocenters. The van der Waals surface area contributed by atoms with Crippen molar-refractivity contribution in [2.45, 2.75) is 31.9 Å². The molecule has 0 bridgehead atoms. The molecule has 4 aromatic rings. The summed E-state index contributed by atoms with van der Waals surface area (Å²) in [6.07, 6.45) is 4.78. The van der Waals surface area contributed by atoms with Crippen molar-refractivity contribution < 1.29 is 5.11 Å². The molecule has 2 aromatic carbocycles. The predicted molar refractivity (Wildman–Crippen MR) is 151 cm³/mol. The van der Waals surface area contributed by atoms with Crippen molar-refractivity contribution in [1.29, 1.82) is 0 Å². The third-order valence-electron chi connectivity index (χ3n) is 7.77. The van der Waals surface area contributed by atoms with E-state index in [1.54, 1.807) is 21.6 Å². The minimum Gasteiger partial charge on any atom is -0.385 e. The van der Waals surface area contributed by atoms with Crippen LogP contribution >= 0.6 is 0 Å². The van der Waals surface area contributed by atoms with Crippen molar-refractivity contribution in [2.24, 2.45) is 0 Å². The maximum Gasteiger partial charge on any atom is 0.278 e. The number of nitrogens with one attached hydrogen (secondary N) is 1. The standard InChI is InChI=1S/C29H33N7O2/c1-4-13-35-27(37)24-19-30-28(31-21-6-9-22(10-7-21)34-16-14-33(3)15-17-34)32-26(24)36(35)23-8-5-20-11-12-29(2,38)25(20)18-23/h4-10,18-19,38H,1,11-17H2,2-3H3,(H,30,31,32)/t29-/m1/s1. The van der Waals surface area contributed by atoms with Crippen LogP contribution in [0.1, 0.15) is 24.5 Å². The van der Waals surface area contributed by atoms with E-state index in [4.69, 9.17) is 4.98 Å². The van der Waals surface area contributed by atoms with Gasteiger partial charge in [-0.3, -0.25) is 4.79 Å². The van der Waals surface area contributed by atoms with Gasteiger partial charge < -0.3 is 20.2 Å². The monoisotopic (exact) mass is 511 g/mol. The molecule has 9 heteroatoms. The van der Waals surface area contributed by atoms with E-state index < -0.39 is 5.60 Å². The Hall–Kier alpha value is -3.95. The minimum absolute atomic E-state index is 0.185. The second-order valence-electron chi connectivity index (χ2n) is 10.5. The van der Waals surface area contributed by atoms with Gasteiger partial charge in [-0.1, -0.05) is 12.1 Å². The summed E-state index contributed by atoms with van der Waals surface area (Å²) in [7, 11) is 2.15. The summed E-state index contributed by atoms with van der Waals surface area (Å²) in [5, 5.41) is 14.6. The summed E-state index contributed by atoms with van der Waals surface area (Å²) in [5.41, 5.74) is 4.28. The van der Waals surface area contributed by atoms with Gasteiger partial charge in [-0.05, 0) is 74.3 Å². The Balaban J connectivity index is 1.36. The Bertz CT molecular complexity index is 1560. The maximum absolute atomic E-state index is 13.3. The van der Waals surface area contributed by atoms with Gasteiger partial charge in [0.05, 0.1) is 17.8 Å². The van der Waals surface area contributed by atoms with Crippen LogP contribution in [0.25, 0.3) is 16.7 Å².